The molecule has 1 aromatic rings. The van der Waals surface area contributed by atoms with E-state index in [2.05, 4.69) is 42.3 Å². The van der Waals surface area contributed by atoms with Gasteiger partial charge < -0.3 is 5.32 Å². The highest BCUT2D eigenvalue weighted by molar-refractivity contribution is 5.34. The Morgan fingerprint density at radius 1 is 1.29 bits per heavy atom. The molecule has 2 nitrogen and oxygen atoms in total. The maximum atomic E-state index is 3.51. The second kappa shape index (κ2) is 4.43. The van der Waals surface area contributed by atoms with Crippen LogP contribution >= 0.6 is 0 Å². The third-order valence-electron chi connectivity index (χ3n) is 4.35. The van der Waals surface area contributed by atoms with Crippen LogP contribution < -0.4 is 5.32 Å². The average molecular weight is 230 g/mol. The topological polar surface area (TPSA) is 15.3 Å². The number of piperazine rings is 1. The Morgan fingerprint density at radius 3 is 2.94 bits per heavy atom. The molecule has 17 heavy (non-hydrogen) atoms. The quantitative estimate of drug-likeness (QED) is 0.794. The van der Waals surface area contributed by atoms with Gasteiger partial charge >= 0.3 is 0 Å². The number of rotatable bonds is 1. The summed E-state index contributed by atoms with van der Waals surface area (Å²) in [5.74, 6) is 0.750. The molecule has 2 aliphatic heterocycles. The molecule has 0 saturated carbocycles. The zero-order chi connectivity index (χ0) is 11.8. The Morgan fingerprint density at radius 2 is 2.18 bits per heavy atom. The molecule has 0 aliphatic carbocycles. The Labute approximate surface area is 104 Å². The summed E-state index contributed by atoms with van der Waals surface area (Å²) in [4.78, 5) is 2.67. The van der Waals surface area contributed by atoms with Gasteiger partial charge in [-0.3, -0.25) is 4.90 Å². The first-order valence-corrected chi connectivity index (χ1v) is 6.76. The van der Waals surface area contributed by atoms with Gasteiger partial charge in [-0.15, -0.1) is 0 Å². The first kappa shape index (κ1) is 11.2. The standard InChI is InChI=1S/C15H22N2/c1-11-3-4-15(12(2)7-11)13-8-14-9-16-5-6-17(14)10-13/h3-4,7,13-14,16H,5-6,8-10H2,1-2H3/t13?,14-/m0/s1. The van der Waals surface area contributed by atoms with E-state index in [1.807, 2.05) is 0 Å². The second-order valence-corrected chi connectivity index (χ2v) is 5.65. The number of benzene rings is 1. The van der Waals surface area contributed by atoms with Crippen LogP contribution in [0.1, 0.15) is 29.0 Å². The molecule has 2 heteroatoms. The van der Waals surface area contributed by atoms with Gasteiger partial charge in [-0.05, 0) is 37.3 Å². The average Bonchev–Trinajstić information content (AvgIpc) is 2.72. The fourth-order valence-corrected chi connectivity index (χ4v) is 3.47. The highest BCUT2D eigenvalue weighted by Gasteiger charge is 2.34. The van der Waals surface area contributed by atoms with Crippen molar-refractivity contribution in [3.63, 3.8) is 0 Å². The minimum atomic E-state index is 0.750. The molecule has 2 aliphatic rings. The molecule has 2 saturated heterocycles. The predicted molar refractivity (Wildman–Crippen MR) is 71.5 cm³/mol. The van der Waals surface area contributed by atoms with E-state index in [1.165, 1.54) is 37.2 Å². The molecule has 0 amide bonds. The normalized spacial score (nSPS) is 29.3. The van der Waals surface area contributed by atoms with E-state index in [-0.39, 0.29) is 0 Å². The number of hydrogen-bond acceptors (Lipinski definition) is 2. The molecule has 1 aromatic carbocycles. The van der Waals surface area contributed by atoms with Crippen molar-refractivity contribution in [2.75, 3.05) is 26.2 Å². The third kappa shape index (κ3) is 2.12. The van der Waals surface area contributed by atoms with Crippen LogP contribution in [0.25, 0.3) is 0 Å². The van der Waals surface area contributed by atoms with E-state index in [1.54, 1.807) is 5.56 Å². The van der Waals surface area contributed by atoms with Crippen molar-refractivity contribution in [3.05, 3.63) is 34.9 Å². The molecular formula is C15H22N2. The molecule has 2 heterocycles. The van der Waals surface area contributed by atoms with Gasteiger partial charge in [-0.25, -0.2) is 0 Å². The number of hydrogen-bond donors (Lipinski definition) is 1. The highest BCUT2D eigenvalue weighted by Crippen LogP contribution is 2.33. The first-order valence-electron chi connectivity index (χ1n) is 6.76. The van der Waals surface area contributed by atoms with Crippen LogP contribution in [0.15, 0.2) is 18.2 Å². The van der Waals surface area contributed by atoms with Crippen LogP contribution in [-0.4, -0.2) is 37.1 Å². The zero-order valence-corrected chi connectivity index (χ0v) is 10.9. The summed E-state index contributed by atoms with van der Waals surface area (Å²) in [5, 5.41) is 3.51. The fraction of sp³-hybridized carbons (Fsp3) is 0.600. The van der Waals surface area contributed by atoms with E-state index in [4.69, 9.17) is 0 Å². The van der Waals surface area contributed by atoms with Crippen molar-refractivity contribution in [3.8, 4) is 0 Å². The van der Waals surface area contributed by atoms with E-state index >= 15 is 0 Å². The Balaban J connectivity index is 1.81. The molecule has 2 atom stereocenters. The maximum Gasteiger partial charge on any atom is 0.0227 e. The van der Waals surface area contributed by atoms with Gasteiger partial charge in [0.2, 0.25) is 0 Å². The summed E-state index contributed by atoms with van der Waals surface area (Å²) in [7, 11) is 0. The lowest BCUT2D eigenvalue weighted by atomic mass is 9.91. The number of fused-ring (bicyclic) bond motifs is 1. The Bertz CT molecular complexity index is 399. The minimum absolute atomic E-state index is 0.750. The van der Waals surface area contributed by atoms with Gasteiger partial charge in [-0.1, -0.05) is 23.8 Å². The molecule has 0 aromatic heterocycles. The van der Waals surface area contributed by atoms with Gasteiger partial charge in [0.05, 0.1) is 0 Å². The molecule has 0 radical (unpaired) electrons. The molecule has 3 rings (SSSR count). The second-order valence-electron chi connectivity index (χ2n) is 5.65. The van der Waals surface area contributed by atoms with Crippen molar-refractivity contribution in [2.24, 2.45) is 0 Å². The van der Waals surface area contributed by atoms with Crippen molar-refractivity contribution in [1.82, 2.24) is 10.2 Å². The monoisotopic (exact) mass is 230 g/mol. The smallest absolute Gasteiger partial charge is 0.0227 e. The number of nitrogens with zero attached hydrogens (tertiary/aromatic N) is 1. The molecule has 0 spiro atoms. The first-order chi connectivity index (χ1) is 8.24. The van der Waals surface area contributed by atoms with Crippen molar-refractivity contribution in [1.29, 1.82) is 0 Å². The summed E-state index contributed by atoms with van der Waals surface area (Å²) in [6.07, 6.45) is 1.33. The SMILES string of the molecule is Cc1ccc(C2C[C@H]3CNCCN3C2)c(C)c1. The maximum absolute atomic E-state index is 3.51. The summed E-state index contributed by atoms with van der Waals surface area (Å²) >= 11 is 0. The molecule has 2 fully saturated rings. The van der Waals surface area contributed by atoms with Gasteiger partial charge in [-0.2, -0.15) is 0 Å². The molecule has 1 unspecified atom stereocenters. The number of nitrogens with one attached hydrogen (secondary N) is 1. The van der Waals surface area contributed by atoms with E-state index in [0.717, 1.165) is 18.5 Å². The third-order valence-corrected chi connectivity index (χ3v) is 4.35. The summed E-state index contributed by atoms with van der Waals surface area (Å²) in [6, 6.07) is 7.71. The Kier molecular flexibility index (Phi) is 2.93. The lowest BCUT2D eigenvalue weighted by Crippen LogP contribution is -2.47. The molecule has 0 bridgehead atoms. The lowest BCUT2D eigenvalue weighted by Gasteiger charge is -2.29. The lowest BCUT2D eigenvalue weighted by molar-refractivity contribution is 0.211. The highest BCUT2D eigenvalue weighted by atomic mass is 15.2. The summed E-state index contributed by atoms with van der Waals surface area (Å²) in [6.45, 7) is 9.27. The van der Waals surface area contributed by atoms with Crippen molar-refractivity contribution in [2.45, 2.75) is 32.2 Å². The van der Waals surface area contributed by atoms with E-state index < -0.39 is 0 Å². The van der Waals surface area contributed by atoms with E-state index in [9.17, 15) is 0 Å². The molecular weight excluding hydrogens is 208 g/mol. The minimum Gasteiger partial charge on any atom is -0.314 e. The van der Waals surface area contributed by atoms with Crippen molar-refractivity contribution < 1.29 is 0 Å². The Hall–Kier alpha value is -0.860. The summed E-state index contributed by atoms with van der Waals surface area (Å²) < 4.78 is 0. The van der Waals surface area contributed by atoms with Crippen LogP contribution in [0, 0.1) is 13.8 Å². The fourth-order valence-electron chi connectivity index (χ4n) is 3.47. The van der Waals surface area contributed by atoms with Gasteiger partial charge in [0, 0.05) is 32.2 Å². The van der Waals surface area contributed by atoms with Crippen LogP contribution in [0.5, 0.6) is 0 Å². The predicted octanol–water partition coefficient (Wildman–Crippen LogP) is 2.06. The van der Waals surface area contributed by atoms with Crippen LogP contribution in [-0.2, 0) is 0 Å². The molecule has 1 N–H and O–H groups in total. The van der Waals surface area contributed by atoms with Crippen LogP contribution in [0.2, 0.25) is 0 Å². The largest absolute Gasteiger partial charge is 0.314 e. The van der Waals surface area contributed by atoms with Gasteiger partial charge in [0.15, 0.2) is 0 Å². The zero-order valence-electron chi connectivity index (χ0n) is 10.9. The number of aryl methyl sites for hydroxylation is 2. The summed E-state index contributed by atoms with van der Waals surface area (Å²) in [5.41, 5.74) is 4.43. The van der Waals surface area contributed by atoms with Crippen molar-refractivity contribution >= 4 is 0 Å². The van der Waals surface area contributed by atoms with Crippen LogP contribution in [0.3, 0.4) is 0 Å². The molecule has 92 valence electrons. The van der Waals surface area contributed by atoms with E-state index in [0.29, 0.717) is 0 Å². The van der Waals surface area contributed by atoms with Gasteiger partial charge in [0.25, 0.3) is 0 Å². The van der Waals surface area contributed by atoms with Gasteiger partial charge in [0.1, 0.15) is 0 Å². The van der Waals surface area contributed by atoms with Crippen LogP contribution in [0.4, 0.5) is 0 Å².